The van der Waals surface area contributed by atoms with Gasteiger partial charge in [0, 0.05) is 27.5 Å². The number of halogens is 2. The number of nitrogens with zero attached hydrogens (tertiary/aromatic N) is 1. The second kappa shape index (κ2) is 9.43. The minimum atomic E-state index is -0.686. The number of carbonyl (C=O) groups is 2. The highest BCUT2D eigenvalue weighted by Crippen LogP contribution is 2.38. The number of phenols is 1. The topological polar surface area (TPSA) is 96.3 Å². The maximum atomic E-state index is 12.7. The molecule has 0 atom stereocenters. The van der Waals surface area contributed by atoms with Crippen molar-refractivity contribution in [3.05, 3.63) is 54.7 Å². The molecule has 172 valence electrons. The number of hydrogen-bond donors (Lipinski definition) is 2. The van der Waals surface area contributed by atoms with E-state index in [0.717, 1.165) is 3.57 Å². The number of piperidine rings is 1. The zero-order valence-corrected chi connectivity index (χ0v) is 22.5. The van der Waals surface area contributed by atoms with Gasteiger partial charge in [-0.05, 0) is 109 Å². The number of esters is 2. The van der Waals surface area contributed by atoms with Gasteiger partial charge < -0.3 is 19.8 Å². The molecule has 0 aliphatic carbocycles. The van der Waals surface area contributed by atoms with Crippen molar-refractivity contribution >= 4 is 57.1 Å². The van der Waals surface area contributed by atoms with Gasteiger partial charge in [0.2, 0.25) is 0 Å². The molecule has 0 radical (unpaired) electrons. The summed E-state index contributed by atoms with van der Waals surface area (Å²) in [5.74, 6) is -1.04. The first-order chi connectivity index (χ1) is 14.8. The average molecular weight is 665 g/mol. The molecule has 1 heterocycles. The second-order valence-corrected chi connectivity index (χ2v) is 11.5. The van der Waals surface area contributed by atoms with Gasteiger partial charge in [-0.1, -0.05) is 0 Å². The van der Waals surface area contributed by atoms with Crippen LogP contribution in [0.1, 0.15) is 61.3 Å². The van der Waals surface area contributed by atoms with E-state index in [1.165, 1.54) is 29.3 Å². The molecule has 0 saturated carbocycles. The van der Waals surface area contributed by atoms with Gasteiger partial charge in [-0.3, -0.25) is 0 Å². The van der Waals surface area contributed by atoms with Crippen LogP contribution in [0.5, 0.6) is 11.5 Å². The third kappa shape index (κ3) is 5.54. The molecule has 0 spiro atoms. The molecule has 1 aliphatic heterocycles. The molecule has 9 heteroatoms. The average Bonchev–Trinajstić information content (AvgIpc) is 2.68. The van der Waals surface area contributed by atoms with Crippen molar-refractivity contribution in [1.29, 1.82) is 0 Å². The first-order valence-electron chi connectivity index (χ1n) is 10.0. The van der Waals surface area contributed by atoms with Crippen LogP contribution in [0.25, 0.3) is 0 Å². The summed E-state index contributed by atoms with van der Waals surface area (Å²) in [6, 6.07) is 9.37. The molecule has 32 heavy (non-hydrogen) atoms. The smallest absolute Gasteiger partial charge is 0.347 e. The molecule has 0 bridgehead atoms. The van der Waals surface area contributed by atoms with E-state index in [9.17, 15) is 19.9 Å². The van der Waals surface area contributed by atoms with E-state index >= 15 is 0 Å². The Morgan fingerprint density at radius 3 is 2.12 bits per heavy atom. The van der Waals surface area contributed by atoms with E-state index < -0.39 is 23.0 Å². The lowest BCUT2D eigenvalue weighted by molar-refractivity contribution is -0.256. The summed E-state index contributed by atoms with van der Waals surface area (Å²) in [7, 11) is 0. The predicted octanol–water partition coefficient (Wildman–Crippen LogP) is 5.39. The van der Waals surface area contributed by atoms with Gasteiger partial charge >= 0.3 is 11.9 Å². The summed E-state index contributed by atoms with van der Waals surface area (Å²) in [5, 5.41) is 21.9. The zero-order chi connectivity index (χ0) is 23.8. The minimum Gasteiger partial charge on any atom is -0.506 e. The Bertz CT molecular complexity index is 1020. The normalized spacial score (nSPS) is 18.2. The van der Waals surface area contributed by atoms with E-state index in [0.29, 0.717) is 22.0 Å². The van der Waals surface area contributed by atoms with Crippen LogP contribution in [0.2, 0.25) is 0 Å². The fourth-order valence-electron chi connectivity index (χ4n) is 4.02. The number of hydrogen-bond acceptors (Lipinski definition) is 7. The number of aromatic hydroxyl groups is 1. The molecule has 2 aromatic rings. The predicted molar refractivity (Wildman–Crippen MR) is 135 cm³/mol. The van der Waals surface area contributed by atoms with Crippen LogP contribution in [0.15, 0.2) is 36.4 Å². The Morgan fingerprint density at radius 1 is 1.00 bits per heavy atom. The highest BCUT2D eigenvalue weighted by molar-refractivity contribution is 14.1. The monoisotopic (exact) mass is 665 g/mol. The first-order valence-corrected chi connectivity index (χ1v) is 12.2. The van der Waals surface area contributed by atoms with Crippen molar-refractivity contribution in [1.82, 2.24) is 5.06 Å². The lowest BCUT2D eigenvalue weighted by Gasteiger charge is -2.50. The summed E-state index contributed by atoms with van der Waals surface area (Å²) < 4.78 is 12.4. The highest BCUT2D eigenvalue weighted by Gasteiger charge is 2.46. The Hall–Kier alpha value is -1.44. The molecule has 2 N–H and O–H groups in total. The van der Waals surface area contributed by atoms with Gasteiger partial charge in [-0.25, -0.2) is 9.59 Å². The van der Waals surface area contributed by atoms with Gasteiger partial charge in [0.05, 0.1) is 9.13 Å². The summed E-state index contributed by atoms with van der Waals surface area (Å²) in [4.78, 5) is 25.1. The summed E-state index contributed by atoms with van der Waals surface area (Å²) in [6.07, 6.45) is 0.679. The highest BCUT2D eigenvalue weighted by atomic mass is 127. The number of rotatable bonds is 4. The van der Waals surface area contributed by atoms with Crippen LogP contribution >= 0.6 is 45.2 Å². The molecule has 3 rings (SSSR count). The maximum absolute atomic E-state index is 12.7. The Morgan fingerprint density at radius 2 is 1.56 bits per heavy atom. The van der Waals surface area contributed by atoms with E-state index in [1.807, 2.05) is 50.3 Å². The fraction of sp³-hybridized carbons (Fsp3) is 0.391. The summed E-state index contributed by atoms with van der Waals surface area (Å²) >= 11 is 4.01. The molecule has 0 unspecified atom stereocenters. The third-order valence-corrected chi connectivity index (χ3v) is 6.87. The quantitative estimate of drug-likeness (QED) is 0.257. The van der Waals surface area contributed by atoms with Crippen molar-refractivity contribution in [3.63, 3.8) is 0 Å². The van der Waals surface area contributed by atoms with Crippen molar-refractivity contribution in [2.24, 2.45) is 0 Å². The standard InChI is InChI=1S/C23H25I2NO6/c1-22(2)11-16(12-23(3,4)26(22)30)32-20(28)13-5-7-15(8-6-13)31-21(29)17-9-14(24)10-18(25)19(17)27/h5-10,16,27,30H,11-12H2,1-4H3. The van der Waals surface area contributed by atoms with Crippen molar-refractivity contribution in [2.75, 3.05) is 0 Å². The molecule has 1 saturated heterocycles. The summed E-state index contributed by atoms with van der Waals surface area (Å²) in [6.45, 7) is 7.63. The largest absolute Gasteiger partial charge is 0.506 e. The van der Waals surface area contributed by atoms with E-state index in [4.69, 9.17) is 9.47 Å². The van der Waals surface area contributed by atoms with Gasteiger partial charge in [0.15, 0.2) is 0 Å². The Labute approximate surface area is 214 Å². The molecule has 7 nitrogen and oxygen atoms in total. The maximum Gasteiger partial charge on any atom is 0.347 e. The van der Waals surface area contributed by atoms with Crippen LogP contribution < -0.4 is 4.74 Å². The van der Waals surface area contributed by atoms with Crippen molar-refractivity contribution in [3.8, 4) is 11.5 Å². The van der Waals surface area contributed by atoms with Gasteiger partial charge in [-0.15, -0.1) is 0 Å². The molecule has 0 aromatic heterocycles. The second-order valence-electron chi connectivity index (χ2n) is 9.07. The SMILES string of the molecule is CC1(C)CC(OC(=O)c2ccc(OC(=O)c3cc(I)cc(I)c3O)cc2)CC(C)(C)N1O. The number of benzene rings is 2. The summed E-state index contributed by atoms with van der Waals surface area (Å²) in [5.41, 5.74) is -0.643. The molecule has 1 fully saturated rings. The molecular weight excluding hydrogens is 640 g/mol. The van der Waals surface area contributed by atoms with Crippen LogP contribution in [-0.2, 0) is 4.74 Å². The minimum absolute atomic E-state index is 0.0743. The number of ether oxygens (including phenoxy) is 2. The van der Waals surface area contributed by atoms with Crippen LogP contribution in [0, 0.1) is 7.14 Å². The number of hydroxylamine groups is 2. The lowest BCUT2D eigenvalue weighted by Crippen LogP contribution is -2.60. The van der Waals surface area contributed by atoms with E-state index in [-0.39, 0.29) is 23.2 Å². The molecule has 2 aromatic carbocycles. The third-order valence-electron chi connectivity index (χ3n) is 5.42. The first kappa shape index (κ1) is 25.2. The molecule has 0 amide bonds. The Kier molecular flexibility index (Phi) is 7.42. The van der Waals surface area contributed by atoms with Gasteiger partial charge in [-0.2, -0.15) is 5.06 Å². The lowest BCUT2D eigenvalue weighted by atomic mass is 9.80. The van der Waals surface area contributed by atoms with Crippen LogP contribution in [-0.4, -0.2) is 44.5 Å². The van der Waals surface area contributed by atoms with E-state index in [2.05, 4.69) is 22.6 Å². The van der Waals surface area contributed by atoms with Gasteiger partial charge in [0.25, 0.3) is 0 Å². The van der Waals surface area contributed by atoms with E-state index in [1.54, 1.807) is 12.1 Å². The van der Waals surface area contributed by atoms with Crippen LogP contribution in [0.3, 0.4) is 0 Å². The fourth-order valence-corrected chi connectivity index (χ4v) is 5.87. The molecular formula is C23H25I2NO6. The van der Waals surface area contributed by atoms with Gasteiger partial charge in [0.1, 0.15) is 23.2 Å². The zero-order valence-electron chi connectivity index (χ0n) is 18.2. The van der Waals surface area contributed by atoms with Crippen molar-refractivity contribution < 1.29 is 29.4 Å². The van der Waals surface area contributed by atoms with Crippen LogP contribution in [0.4, 0.5) is 0 Å². The Balaban J connectivity index is 1.67. The van der Waals surface area contributed by atoms with Crippen molar-refractivity contribution in [2.45, 2.75) is 57.7 Å². The molecule has 1 aliphatic rings. The number of carbonyl (C=O) groups excluding carboxylic acids is 2. The number of phenolic OH excluding ortho intramolecular Hbond substituents is 1.